The molecule has 0 spiro atoms. The molecule has 0 amide bonds. The number of rotatable bonds is 8. The van der Waals surface area contributed by atoms with Crippen molar-refractivity contribution in [3.63, 3.8) is 0 Å². The van der Waals surface area contributed by atoms with Gasteiger partial charge in [0.1, 0.15) is 17.7 Å². The number of benzene rings is 2. The molecule has 0 aliphatic heterocycles. The molecule has 1 fully saturated rings. The molecule has 3 rings (SSSR count). The largest absolute Gasteiger partial charge is 0.369 e. The topological polar surface area (TPSA) is 9.23 Å². The Bertz CT molecular complexity index is 740. The van der Waals surface area contributed by atoms with Crippen LogP contribution in [0.1, 0.15) is 74.2 Å². The third-order valence-corrected chi connectivity index (χ3v) is 5.93. The van der Waals surface area contributed by atoms with Crippen LogP contribution in [0.5, 0.6) is 0 Å². The Morgan fingerprint density at radius 3 is 2.25 bits per heavy atom. The Morgan fingerprint density at radius 1 is 1.04 bits per heavy atom. The van der Waals surface area contributed by atoms with Crippen molar-refractivity contribution in [1.29, 1.82) is 0 Å². The maximum Gasteiger partial charge on any atom is 0.132 e. The van der Waals surface area contributed by atoms with E-state index < -0.39 is 17.7 Å². The monoisotopic (exact) mass is 384 g/mol. The van der Waals surface area contributed by atoms with E-state index in [2.05, 4.69) is 18.7 Å². The van der Waals surface area contributed by atoms with Gasteiger partial charge in [-0.2, -0.15) is 0 Å². The highest BCUT2D eigenvalue weighted by Gasteiger charge is 2.24. The molecule has 2 aromatic rings. The maximum absolute atomic E-state index is 14.3. The molecule has 28 heavy (non-hydrogen) atoms. The minimum Gasteiger partial charge on any atom is -0.369 e. The van der Waals surface area contributed by atoms with Crippen molar-refractivity contribution in [1.82, 2.24) is 0 Å². The van der Waals surface area contributed by atoms with Crippen molar-refractivity contribution in [2.45, 2.75) is 57.5 Å². The summed E-state index contributed by atoms with van der Waals surface area (Å²) in [6.07, 6.45) is 8.59. The van der Waals surface area contributed by atoms with Gasteiger partial charge in [0, 0.05) is 6.61 Å². The molecule has 0 radical (unpaired) electrons. The van der Waals surface area contributed by atoms with Crippen LogP contribution in [0.3, 0.4) is 0 Å². The number of halogens is 2. The fourth-order valence-corrected chi connectivity index (χ4v) is 4.36. The Morgan fingerprint density at radius 2 is 1.68 bits per heavy atom. The van der Waals surface area contributed by atoms with E-state index in [-0.39, 0.29) is 5.56 Å². The summed E-state index contributed by atoms with van der Waals surface area (Å²) in [4.78, 5) is 0. The first-order valence-electron chi connectivity index (χ1n) is 10.4. The molecule has 1 atom stereocenters. The van der Waals surface area contributed by atoms with Gasteiger partial charge in [-0.25, -0.2) is 8.78 Å². The van der Waals surface area contributed by atoms with Crippen molar-refractivity contribution in [3.05, 3.63) is 83.4 Å². The zero-order chi connectivity index (χ0) is 19.9. The molecule has 1 saturated carbocycles. The number of allylic oxidation sites excluding steroid dienone is 1. The number of ether oxygens (including phenoxy) is 1. The smallest absolute Gasteiger partial charge is 0.132 e. The molecule has 1 unspecified atom stereocenters. The first-order valence-corrected chi connectivity index (χ1v) is 10.4. The molecule has 0 heterocycles. The minimum absolute atomic E-state index is 0.0140. The predicted octanol–water partition coefficient (Wildman–Crippen LogP) is 7.33. The molecule has 2 aromatic carbocycles. The highest BCUT2D eigenvalue weighted by molar-refractivity contribution is 5.35. The van der Waals surface area contributed by atoms with Crippen molar-refractivity contribution in [2.75, 3.05) is 6.61 Å². The average Bonchev–Trinajstić information content (AvgIpc) is 2.72. The molecule has 0 bridgehead atoms. The molecule has 150 valence electrons. The number of hydrogen-bond donors (Lipinski definition) is 0. The molecule has 0 saturated heterocycles. The summed E-state index contributed by atoms with van der Waals surface area (Å²) in [5, 5.41) is 0. The van der Waals surface area contributed by atoms with Crippen LogP contribution in [0.4, 0.5) is 8.78 Å². The van der Waals surface area contributed by atoms with Crippen LogP contribution in [0.15, 0.2) is 55.1 Å². The Balaban J connectivity index is 1.73. The zero-order valence-electron chi connectivity index (χ0n) is 16.7. The summed E-state index contributed by atoms with van der Waals surface area (Å²) >= 11 is 0. The summed E-state index contributed by atoms with van der Waals surface area (Å²) in [5.74, 6) is 0.255. The lowest BCUT2D eigenvalue weighted by molar-refractivity contribution is 0.0859. The molecule has 1 aliphatic carbocycles. The summed E-state index contributed by atoms with van der Waals surface area (Å²) in [6.45, 7) is 6.04. The van der Waals surface area contributed by atoms with Gasteiger partial charge in [-0.05, 0) is 80.5 Å². The van der Waals surface area contributed by atoms with Gasteiger partial charge < -0.3 is 4.74 Å². The third-order valence-electron chi connectivity index (χ3n) is 5.93. The van der Waals surface area contributed by atoms with Gasteiger partial charge in [-0.3, -0.25) is 0 Å². The Kier molecular flexibility index (Phi) is 7.38. The first-order chi connectivity index (χ1) is 13.6. The van der Waals surface area contributed by atoms with Gasteiger partial charge in [0.05, 0.1) is 5.56 Å². The highest BCUT2D eigenvalue weighted by atomic mass is 19.1. The van der Waals surface area contributed by atoms with E-state index >= 15 is 0 Å². The molecule has 1 nitrogen and oxygen atoms in total. The predicted molar refractivity (Wildman–Crippen MR) is 110 cm³/mol. The number of hydrogen-bond acceptors (Lipinski definition) is 1. The molecular weight excluding hydrogens is 354 g/mol. The van der Waals surface area contributed by atoms with E-state index in [1.54, 1.807) is 0 Å². The van der Waals surface area contributed by atoms with Gasteiger partial charge in [0.25, 0.3) is 0 Å². The van der Waals surface area contributed by atoms with Crippen molar-refractivity contribution < 1.29 is 13.5 Å². The summed E-state index contributed by atoms with van der Waals surface area (Å²) in [6, 6.07) is 12.1. The highest BCUT2D eigenvalue weighted by Crippen LogP contribution is 2.38. The van der Waals surface area contributed by atoms with Crippen LogP contribution in [-0.4, -0.2) is 6.61 Å². The molecular formula is C25H30F2O. The van der Waals surface area contributed by atoms with Gasteiger partial charge in [-0.1, -0.05) is 36.4 Å². The van der Waals surface area contributed by atoms with Gasteiger partial charge in [0.2, 0.25) is 0 Å². The third kappa shape index (κ3) is 4.88. The van der Waals surface area contributed by atoms with E-state index in [9.17, 15) is 8.78 Å². The van der Waals surface area contributed by atoms with Gasteiger partial charge in [-0.15, -0.1) is 6.58 Å². The first kappa shape index (κ1) is 20.7. The molecule has 0 aromatic heterocycles. The van der Waals surface area contributed by atoms with Crippen LogP contribution in [0.25, 0.3) is 0 Å². The maximum atomic E-state index is 14.3. The van der Waals surface area contributed by atoms with E-state index in [1.807, 2.05) is 25.1 Å². The van der Waals surface area contributed by atoms with Crippen molar-refractivity contribution >= 4 is 0 Å². The second kappa shape index (κ2) is 9.97. The normalized spacial score (nSPS) is 20.7. The summed E-state index contributed by atoms with van der Waals surface area (Å²) in [7, 11) is 0. The zero-order valence-corrected chi connectivity index (χ0v) is 16.7. The van der Waals surface area contributed by atoms with Crippen LogP contribution in [-0.2, 0) is 4.74 Å². The van der Waals surface area contributed by atoms with E-state index in [0.29, 0.717) is 12.5 Å². The Hall–Kier alpha value is -2.00. The standard InChI is InChI=1S/C25H30F2O/c1-3-5-7-18-10-12-19(13-11-18)20-14-16-21(17-15-20)25(28-4-2)24-22(26)8-6-9-23(24)27/h3,6,8-9,14-19,25H,1,4-5,7,10-13H2,2H3/t18-,19-,25?. The summed E-state index contributed by atoms with van der Waals surface area (Å²) in [5.41, 5.74) is 2.09. The minimum atomic E-state index is -0.727. The van der Waals surface area contributed by atoms with Gasteiger partial charge >= 0.3 is 0 Å². The fourth-order valence-electron chi connectivity index (χ4n) is 4.36. The van der Waals surface area contributed by atoms with Crippen molar-refractivity contribution in [2.24, 2.45) is 5.92 Å². The quantitative estimate of drug-likeness (QED) is 0.433. The van der Waals surface area contributed by atoms with E-state index in [0.717, 1.165) is 17.9 Å². The Labute approximate surface area is 167 Å². The van der Waals surface area contributed by atoms with E-state index in [1.165, 1.54) is 55.9 Å². The average molecular weight is 385 g/mol. The van der Waals surface area contributed by atoms with Crippen LogP contribution in [0.2, 0.25) is 0 Å². The van der Waals surface area contributed by atoms with Crippen LogP contribution < -0.4 is 0 Å². The fraction of sp³-hybridized carbons (Fsp3) is 0.440. The molecule has 1 aliphatic rings. The van der Waals surface area contributed by atoms with Crippen LogP contribution in [0, 0.1) is 17.6 Å². The lowest BCUT2D eigenvalue weighted by Crippen LogP contribution is -2.14. The van der Waals surface area contributed by atoms with E-state index in [4.69, 9.17) is 4.74 Å². The van der Waals surface area contributed by atoms with Crippen molar-refractivity contribution in [3.8, 4) is 0 Å². The lowest BCUT2D eigenvalue weighted by Gasteiger charge is -2.29. The van der Waals surface area contributed by atoms with Crippen LogP contribution >= 0.6 is 0 Å². The van der Waals surface area contributed by atoms with Gasteiger partial charge in [0.15, 0.2) is 0 Å². The molecule has 3 heteroatoms. The molecule has 0 N–H and O–H groups in total. The second-order valence-corrected chi connectivity index (χ2v) is 7.72. The summed E-state index contributed by atoms with van der Waals surface area (Å²) < 4.78 is 34.3. The SMILES string of the molecule is C=CCC[C@H]1CC[C@H](c2ccc(C(OCC)c3c(F)cccc3F)cc2)CC1. The second-order valence-electron chi connectivity index (χ2n) is 7.72. The lowest BCUT2D eigenvalue weighted by atomic mass is 9.77.